The normalized spacial score (nSPS) is 25.4. The number of ether oxygens (including phenoxy) is 2. The zero-order valence-corrected chi connectivity index (χ0v) is 22.3. The molecule has 1 aliphatic heterocycles. The van der Waals surface area contributed by atoms with E-state index in [0.29, 0.717) is 0 Å². The number of aliphatic hydroxyl groups is 2. The highest BCUT2D eigenvalue weighted by molar-refractivity contribution is 8.09. The van der Waals surface area contributed by atoms with Crippen molar-refractivity contribution in [3.05, 3.63) is 63.2 Å². The van der Waals surface area contributed by atoms with E-state index in [-0.39, 0.29) is 5.75 Å². The van der Waals surface area contributed by atoms with Crippen molar-refractivity contribution in [1.82, 2.24) is 14.6 Å². The molecule has 12 nitrogen and oxygen atoms in total. The van der Waals surface area contributed by atoms with Crippen molar-refractivity contribution in [3.63, 3.8) is 0 Å². The number of aliphatic hydroxyl groups excluding tert-OH is 1. The van der Waals surface area contributed by atoms with E-state index in [2.05, 4.69) is 5.09 Å². The summed E-state index contributed by atoms with van der Waals surface area (Å²) in [6.07, 6.45) is 1.41. The fourth-order valence-corrected chi connectivity index (χ4v) is 5.89. The Hall–Kier alpha value is -2.89. The van der Waals surface area contributed by atoms with Gasteiger partial charge < -0.3 is 28.7 Å². The summed E-state index contributed by atoms with van der Waals surface area (Å²) in [5.41, 5.74) is -4.02. The molecule has 0 radical (unpaired) electrons. The molecule has 1 aliphatic rings. The molecule has 0 amide bonds. The van der Waals surface area contributed by atoms with Gasteiger partial charge in [0, 0.05) is 12.3 Å². The molecule has 2 aromatic rings. The quantitative estimate of drug-likeness (QED) is 0.179. The smallest absolute Gasteiger partial charge is 0.330 e. The van der Waals surface area contributed by atoms with E-state index < -0.39 is 72.5 Å². The Morgan fingerprint density at radius 1 is 1.34 bits per heavy atom. The molecule has 1 aromatic heterocycles. The minimum Gasteiger partial charge on any atom is -0.462 e. The van der Waals surface area contributed by atoms with E-state index in [0.717, 1.165) is 29.0 Å². The number of carbonyl (C=O) groups excluding carboxylic acids is 1. The third-order valence-electron chi connectivity index (χ3n) is 5.32. The van der Waals surface area contributed by atoms with E-state index in [9.17, 15) is 29.0 Å². The van der Waals surface area contributed by atoms with Gasteiger partial charge in [0.25, 0.3) is 5.56 Å². The van der Waals surface area contributed by atoms with Crippen LogP contribution in [0.1, 0.15) is 27.0 Å². The fourth-order valence-electron chi connectivity index (χ4n) is 3.47. The molecule has 0 spiro atoms. The van der Waals surface area contributed by atoms with Gasteiger partial charge in [-0.3, -0.25) is 19.1 Å². The second-order valence-corrected chi connectivity index (χ2v) is 11.8. The summed E-state index contributed by atoms with van der Waals surface area (Å²) < 4.78 is 36.6. The minimum atomic E-state index is -3.63. The number of rotatable bonds is 10. The number of aromatic amines is 1. The van der Waals surface area contributed by atoms with Gasteiger partial charge in [0.15, 0.2) is 11.8 Å². The second-order valence-electron chi connectivity index (χ2n) is 8.63. The van der Waals surface area contributed by atoms with Gasteiger partial charge in [-0.25, -0.2) is 14.3 Å². The zero-order chi connectivity index (χ0) is 28.3. The van der Waals surface area contributed by atoms with E-state index in [1.54, 1.807) is 13.8 Å². The molecule has 0 aliphatic carbocycles. The van der Waals surface area contributed by atoms with Gasteiger partial charge in [0.05, 0.1) is 12.7 Å². The van der Waals surface area contributed by atoms with Crippen LogP contribution in [0.15, 0.2) is 46.1 Å². The summed E-state index contributed by atoms with van der Waals surface area (Å²) >= 11 is 5.56. The number of hydrogen-bond acceptors (Lipinski definition) is 10. The predicted octanol–water partition coefficient (Wildman–Crippen LogP) is 0.548. The van der Waals surface area contributed by atoms with Crippen molar-refractivity contribution >= 4 is 24.4 Å². The van der Waals surface area contributed by atoms with E-state index in [4.69, 9.17) is 36.8 Å². The Morgan fingerprint density at radius 3 is 2.58 bits per heavy atom. The van der Waals surface area contributed by atoms with Gasteiger partial charge >= 0.3 is 18.3 Å². The van der Waals surface area contributed by atoms with Crippen molar-refractivity contribution < 1.29 is 37.9 Å². The van der Waals surface area contributed by atoms with Gasteiger partial charge in [0.1, 0.15) is 29.8 Å². The summed E-state index contributed by atoms with van der Waals surface area (Å²) in [4.78, 5) is 38.1. The third-order valence-corrected chi connectivity index (χ3v) is 7.82. The van der Waals surface area contributed by atoms with Crippen LogP contribution in [-0.2, 0) is 30.6 Å². The molecule has 15 heteroatoms. The lowest BCUT2D eigenvalue weighted by Crippen LogP contribution is -2.48. The van der Waals surface area contributed by atoms with Crippen LogP contribution in [0.3, 0.4) is 0 Å². The number of nitrogens with zero attached hydrogens (tertiary/aromatic N) is 1. The number of hydrogen-bond donors (Lipinski definition) is 4. The maximum atomic E-state index is 13.4. The number of terminal acetylenes is 1. The minimum absolute atomic E-state index is 0.123. The first-order valence-corrected chi connectivity index (χ1v) is 13.9. The number of aromatic nitrogens is 2. The molecule has 4 N–H and O–H groups in total. The molecule has 6 unspecified atom stereocenters. The highest BCUT2D eigenvalue weighted by atomic mass is 32.5. The van der Waals surface area contributed by atoms with Crippen molar-refractivity contribution in [2.75, 3.05) is 6.61 Å². The molecule has 1 saturated heterocycles. The topological polar surface area (TPSA) is 161 Å². The van der Waals surface area contributed by atoms with Gasteiger partial charge in [0.2, 0.25) is 0 Å². The lowest BCUT2D eigenvalue weighted by Gasteiger charge is -2.28. The molecular formula is C23H27FN3O9PS. The molecule has 1 aromatic carbocycles. The number of carbonyl (C=O) groups is 1. The Balaban J connectivity index is 1.85. The molecule has 38 heavy (non-hydrogen) atoms. The molecule has 6 atom stereocenters. The summed E-state index contributed by atoms with van der Waals surface area (Å²) in [6, 6.07) is 4.89. The lowest BCUT2D eigenvalue weighted by molar-refractivity contribution is -0.149. The molecular weight excluding hydrogens is 544 g/mol. The first kappa shape index (κ1) is 29.7. The van der Waals surface area contributed by atoms with Crippen molar-refractivity contribution in [3.8, 4) is 18.1 Å². The standard InChI is InChI=1S/C23H27FN3O9PS/c1-5-23(32)19(29)17(35-21(23)27-11-10-18(28)25-22(27)31)12-33-37(38,26-14(4)20(30)34-13(2)3)36-16-8-6-15(24)7-9-16/h1,6-11,13-14,17,19,21,29,32H,12H2,2-4H3,(H,26,38)(H,25,28,31). The van der Waals surface area contributed by atoms with Crippen molar-refractivity contribution in [1.29, 1.82) is 0 Å². The van der Waals surface area contributed by atoms with Crippen molar-refractivity contribution in [2.45, 2.75) is 57.0 Å². The number of nitrogens with one attached hydrogen (secondary N) is 2. The average molecular weight is 572 g/mol. The van der Waals surface area contributed by atoms with Crippen LogP contribution in [0.5, 0.6) is 5.75 Å². The second kappa shape index (κ2) is 11.9. The van der Waals surface area contributed by atoms with Crippen LogP contribution in [-0.4, -0.2) is 62.3 Å². The average Bonchev–Trinajstić information content (AvgIpc) is 3.09. The van der Waals surface area contributed by atoms with Crippen LogP contribution in [0, 0.1) is 18.2 Å². The maximum Gasteiger partial charge on any atom is 0.330 e. The molecule has 0 bridgehead atoms. The molecule has 2 heterocycles. The monoisotopic (exact) mass is 571 g/mol. The Kier molecular flexibility index (Phi) is 9.27. The van der Waals surface area contributed by atoms with Gasteiger partial charge in [-0.1, -0.05) is 5.92 Å². The largest absolute Gasteiger partial charge is 0.462 e. The first-order valence-electron chi connectivity index (χ1n) is 11.3. The highest BCUT2D eigenvalue weighted by Crippen LogP contribution is 2.47. The van der Waals surface area contributed by atoms with Crippen LogP contribution >= 0.6 is 6.64 Å². The molecule has 1 fully saturated rings. The van der Waals surface area contributed by atoms with E-state index in [1.165, 1.54) is 19.1 Å². The number of esters is 1. The summed E-state index contributed by atoms with van der Waals surface area (Å²) in [5.74, 6) is 0.991. The van der Waals surface area contributed by atoms with Gasteiger partial charge in [-0.2, -0.15) is 0 Å². The summed E-state index contributed by atoms with van der Waals surface area (Å²) in [7, 11) is 0. The van der Waals surface area contributed by atoms with Crippen LogP contribution in [0.4, 0.5) is 4.39 Å². The Bertz CT molecular complexity index is 1360. The van der Waals surface area contributed by atoms with Gasteiger partial charge in [-0.05, 0) is 56.8 Å². The molecule has 3 rings (SSSR count). The zero-order valence-electron chi connectivity index (χ0n) is 20.6. The van der Waals surface area contributed by atoms with E-state index >= 15 is 0 Å². The third kappa shape index (κ3) is 6.75. The maximum absolute atomic E-state index is 13.4. The SMILES string of the molecule is C#CC1(O)C(O)C(COP(=S)(NC(C)C(=O)OC(C)C)Oc2ccc(F)cc2)OC1n1ccc(=O)[nH]c1=O. The Labute approximate surface area is 221 Å². The lowest BCUT2D eigenvalue weighted by atomic mass is 9.95. The van der Waals surface area contributed by atoms with Gasteiger partial charge in [-0.15, -0.1) is 6.42 Å². The predicted molar refractivity (Wildman–Crippen MR) is 136 cm³/mol. The molecule has 0 saturated carbocycles. The summed E-state index contributed by atoms with van der Waals surface area (Å²) in [5, 5.41) is 24.5. The Morgan fingerprint density at radius 2 is 2.00 bits per heavy atom. The van der Waals surface area contributed by atoms with Crippen LogP contribution in [0.25, 0.3) is 0 Å². The van der Waals surface area contributed by atoms with Crippen LogP contribution < -0.4 is 20.9 Å². The van der Waals surface area contributed by atoms with Crippen LogP contribution in [0.2, 0.25) is 0 Å². The van der Waals surface area contributed by atoms with E-state index in [1.807, 2.05) is 10.9 Å². The number of H-pyrrole nitrogens is 1. The number of halogens is 1. The fraction of sp³-hybridized carbons (Fsp3) is 0.435. The highest BCUT2D eigenvalue weighted by Gasteiger charge is 2.56. The first-order chi connectivity index (χ1) is 17.8. The summed E-state index contributed by atoms with van der Waals surface area (Å²) in [6.45, 7) is 0.665. The van der Waals surface area contributed by atoms with Crippen molar-refractivity contribution in [2.24, 2.45) is 0 Å². The molecule has 206 valence electrons. The number of benzene rings is 1.